The zero-order chi connectivity index (χ0) is 5.98. The number of hydrogen-bond donors (Lipinski definition) is 1. The maximum atomic E-state index is 9.97. The topological polar surface area (TPSA) is 50.4 Å². The maximum absolute atomic E-state index is 9.97. The van der Waals surface area contributed by atoms with E-state index < -0.39 is 5.97 Å². The molecule has 0 aromatic carbocycles. The Bertz CT molecular complexity index is 180. The molecule has 0 saturated carbocycles. The summed E-state index contributed by atoms with van der Waals surface area (Å²) in [5.74, 6) is -1.06. The van der Waals surface area contributed by atoms with E-state index in [9.17, 15) is 4.79 Å². The van der Waals surface area contributed by atoms with Crippen molar-refractivity contribution in [3.8, 4) is 0 Å². The van der Waals surface area contributed by atoms with Gasteiger partial charge >= 0.3 is 5.97 Å². The first-order valence-electron chi connectivity index (χ1n) is 2.07. The summed E-state index contributed by atoms with van der Waals surface area (Å²) in [5.41, 5.74) is 0. The van der Waals surface area contributed by atoms with Crippen molar-refractivity contribution in [1.82, 2.24) is 0 Å². The number of carboxylic acid groups (broad SMARTS) is 1. The predicted molar refractivity (Wildman–Crippen MR) is 31.4 cm³/mol. The average molecular weight is 198 g/mol. The van der Waals surface area contributed by atoms with Crippen molar-refractivity contribution in [2.45, 2.75) is 0 Å². The first-order valence-corrected chi connectivity index (χ1v) is 2.07. The Morgan fingerprint density at radius 1 is 1.67 bits per heavy atom. The molecule has 0 unspecified atom stereocenters. The molecule has 9 heavy (non-hydrogen) atoms. The minimum absolute atomic E-state index is 0. The standard InChI is InChI=1S/C5H4O3.Rb/c6-5(7)4-2-1-3-8-4;/h1-3H,(H,6,7);. The van der Waals surface area contributed by atoms with Crippen LogP contribution in [0, 0.1) is 0 Å². The zero-order valence-electron chi connectivity index (χ0n) is 5.00. The Balaban J connectivity index is 0.000000640. The molecule has 1 rings (SSSR count). The van der Waals surface area contributed by atoms with Crippen molar-refractivity contribution < 1.29 is 14.3 Å². The summed E-state index contributed by atoms with van der Waals surface area (Å²) in [6.07, 6.45) is 1.32. The van der Waals surface area contributed by atoms with Crippen molar-refractivity contribution in [3.63, 3.8) is 0 Å². The molecule has 0 aliphatic heterocycles. The summed E-state index contributed by atoms with van der Waals surface area (Å²) >= 11 is 0. The Labute approximate surface area is 101 Å². The molecule has 3 nitrogen and oxygen atoms in total. The summed E-state index contributed by atoms with van der Waals surface area (Å²) in [6, 6.07) is 2.92. The molecule has 43 valence electrons. The van der Waals surface area contributed by atoms with Crippen LogP contribution in [0.5, 0.6) is 0 Å². The van der Waals surface area contributed by atoms with Crippen molar-refractivity contribution in [2.24, 2.45) is 0 Å². The Morgan fingerprint density at radius 2 is 2.33 bits per heavy atom. The molecule has 0 spiro atoms. The van der Waals surface area contributed by atoms with E-state index in [2.05, 4.69) is 4.42 Å². The van der Waals surface area contributed by atoms with E-state index in [-0.39, 0.29) is 63.9 Å². The fourth-order valence-corrected chi connectivity index (χ4v) is 0.400. The van der Waals surface area contributed by atoms with Crippen molar-refractivity contribution in [1.29, 1.82) is 0 Å². The number of hydrogen-bond acceptors (Lipinski definition) is 2. The second-order valence-electron chi connectivity index (χ2n) is 1.28. The third kappa shape index (κ3) is 2.75. The average Bonchev–Trinajstić information content (AvgIpc) is 2.12. The van der Waals surface area contributed by atoms with Crippen molar-refractivity contribution in [2.75, 3.05) is 0 Å². The van der Waals surface area contributed by atoms with Gasteiger partial charge in [-0.2, -0.15) is 0 Å². The second-order valence-corrected chi connectivity index (χ2v) is 1.28. The van der Waals surface area contributed by atoms with Crippen LogP contribution in [-0.4, -0.2) is 69.3 Å². The summed E-state index contributed by atoms with van der Waals surface area (Å²) in [7, 11) is 0. The van der Waals surface area contributed by atoms with E-state index in [1.807, 2.05) is 0 Å². The molecule has 0 amide bonds. The van der Waals surface area contributed by atoms with Crippen molar-refractivity contribution in [3.05, 3.63) is 24.2 Å². The molecule has 1 aromatic heterocycles. The molecule has 1 aromatic rings. The molecule has 1 N–H and O–H groups in total. The predicted octanol–water partition coefficient (Wildman–Crippen LogP) is 0.597. The van der Waals surface area contributed by atoms with Gasteiger partial charge in [0, 0.05) is 58.2 Å². The van der Waals surface area contributed by atoms with Crippen LogP contribution in [0.15, 0.2) is 22.8 Å². The van der Waals surface area contributed by atoms with Crippen LogP contribution in [0.2, 0.25) is 0 Å². The van der Waals surface area contributed by atoms with Crippen molar-refractivity contribution >= 4 is 64.2 Å². The molecule has 1 radical (unpaired) electrons. The monoisotopic (exact) mass is 197 g/mol. The quantitative estimate of drug-likeness (QED) is 0.717. The summed E-state index contributed by atoms with van der Waals surface area (Å²) < 4.78 is 4.50. The van der Waals surface area contributed by atoms with E-state index in [0.29, 0.717) is 0 Å². The number of aromatic carboxylic acids is 1. The van der Waals surface area contributed by atoms with Gasteiger partial charge in [-0.15, -0.1) is 0 Å². The van der Waals surface area contributed by atoms with Gasteiger partial charge in [-0.3, -0.25) is 0 Å². The molecule has 4 heteroatoms. The smallest absolute Gasteiger partial charge is 0.371 e. The second kappa shape index (κ2) is 4.38. The van der Waals surface area contributed by atoms with Gasteiger partial charge in [0.25, 0.3) is 0 Å². The van der Waals surface area contributed by atoms with E-state index in [1.165, 1.54) is 18.4 Å². The molecule has 0 atom stereocenters. The molecule has 1 heterocycles. The van der Waals surface area contributed by atoms with Crippen LogP contribution >= 0.6 is 0 Å². The van der Waals surface area contributed by atoms with Crippen LogP contribution in [-0.2, 0) is 0 Å². The normalized spacial score (nSPS) is 8.00. The molecule has 0 bridgehead atoms. The SMILES string of the molecule is O=C(O)c1ccco1.[Rb]. The first-order chi connectivity index (χ1) is 3.80. The summed E-state index contributed by atoms with van der Waals surface area (Å²) in [6.45, 7) is 0. The van der Waals surface area contributed by atoms with Crippen LogP contribution < -0.4 is 0 Å². The Hall–Kier alpha value is 0.555. The van der Waals surface area contributed by atoms with E-state index >= 15 is 0 Å². The van der Waals surface area contributed by atoms with Gasteiger partial charge in [-0.1, -0.05) is 0 Å². The molecule has 0 aliphatic carbocycles. The first kappa shape index (κ1) is 9.56. The van der Waals surface area contributed by atoms with Gasteiger partial charge < -0.3 is 9.52 Å². The largest absolute Gasteiger partial charge is 0.475 e. The number of furan rings is 1. The van der Waals surface area contributed by atoms with Gasteiger partial charge in [0.15, 0.2) is 0 Å². The Morgan fingerprint density at radius 3 is 2.56 bits per heavy atom. The van der Waals surface area contributed by atoms with E-state index in [4.69, 9.17) is 5.11 Å². The van der Waals surface area contributed by atoms with Crippen LogP contribution in [0.1, 0.15) is 10.6 Å². The number of carboxylic acids is 1. The third-order valence-corrected chi connectivity index (χ3v) is 0.732. The van der Waals surface area contributed by atoms with E-state index in [1.54, 1.807) is 0 Å². The van der Waals surface area contributed by atoms with Gasteiger partial charge in [-0.25, -0.2) is 4.79 Å². The van der Waals surface area contributed by atoms with Crippen LogP contribution in [0.4, 0.5) is 0 Å². The zero-order valence-corrected chi connectivity index (χ0v) is 9.91. The van der Waals surface area contributed by atoms with Gasteiger partial charge in [-0.05, 0) is 12.1 Å². The molecule has 0 saturated heterocycles. The maximum Gasteiger partial charge on any atom is 0.371 e. The third-order valence-electron chi connectivity index (χ3n) is 0.732. The van der Waals surface area contributed by atoms with Gasteiger partial charge in [0.05, 0.1) is 6.26 Å². The minimum atomic E-state index is -1.03. The molecule has 0 fully saturated rings. The van der Waals surface area contributed by atoms with Gasteiger partial charge in [0.1, 0.15) is 0 Å². The molecular formula is C5H4O3Rb. The van der Waals surface area contributed by atoms with E-state index in [0.717, 1.165) is 0 Å². The fourth-order valence-electron chi connectivity index (χ4n) is 0.400. The fraction of sp³-hybridized carbons (Fsp3) is 0. The van der Waals surface area contributed by atoms with Crippen LogP contribution in [0.25, 0.3) is 0 Å². The minimum Gasteiger partial charge on any atom is -0.475 e. The van der Waals surface area contributed by atoms with Gasteiger partial charge in [0.2, 0.25) is 5.76 Å². The molecule has 0 aliphatic rings. The number of rotatable bonds is 1. The summed E-state index contributed by atoms with van der Waals surface area (Å²) in [5, 5.41) is 8.18. The summed E-state index contributed by atoms with van der Waals surface area (Å²) in [4.78, 5) is 9.97. The number of carbonyl (C=O) groups is 1. The molecular weight excluding hydrogens is 194 g/mol. The Kier molecular flexibility index (Phi) is 4.65. The van der Waals surface area contributed by atoms with Crippen LogP contribution in [0.3, 0.4) is 0 Å².